The largest absolute Gasteiger partial charge is 0.497 e. The van der Waals surface area contributed by atoms with Crippen molar-refractivity contribution in [1.29, 1.82) is 0 Å². The number of aryl methyl sites for hydroxylation is 1. The van der Waals surface area contributed by atoms with E-state index < -0.39 is 0 Å². The Morgan fingerprint density at radius 2 is 1.69 bits per heavy atom. The summed E-state index contributed by atoms with van der Waals surface area (Å²) < 4.78 is 5.33. The summed E-state index contributed by atoms with van der Waals surface area (Å²) >= 11 is 1.32. The number of anilines is 1. The number of hydrogen-bond acceptors (Lipinski definition) is 5. The van der Waals surface area contributed by atoms with Crippen LogP contribution in [0.1, 0.15) is 20.8 Å². The predicted molar refractivity (Wildman–Crippen MR) is 144 cm³/mol. The number of rotatable bonds is 6. The van der Waals surface area contributed by atoms with Crippen molar-refractivity contribution >= 4 is 33.1 Å². The second-order valence-corrected chi connectivity index (χ2v) is 9.34. The number of ether oxygens (including phenoxy) is 1. The van der Waals surface area contributed by atoms with Crippen molar-refractivity contribution in [1.82, 2.24) is 10.3 Å². The molecule has 3 aromatic carbocycles. The third-order valence-corrected chi connectivity index (χ3v) is 7.05. The second kappa shape index (κ2) is 9.60. The molecule has 0 aliphatic rings. The quantitative estimate of drug-likeness (QED) is 0.293. The molecule has 1 amide bonds. The molecule has 2 aromatic heterocycles. The van der Waals surface area contributed by atoms with E-state index >= 15 is 0 Å². The molecular formula is C29H25N3O2S. The molecule has 0 unspecified atom stereocenters. The average Bonchev–Trinajstić information content (AvgIpc) is 3.24. The molecule has 0 saturated carbocycles. The molecule has 0 radical (unpaired) electrons. The normalized spacial score (nSPS) is 10.9. The van der Waals surface area contributed by atoms with Gasteiger partial charge >= 0.3 is 0 Å². The maximum atomic E-state index is 13.1. The van der Waals surface area contributed by atoms with Crippen LogP contribution < -0.4 is 15.8 Å². The second-order valence-electron chi connectivity index (χ2n) is 8.34. The first-order valence-corrected chi connectivity index (χ1v) is 12.1. The summed E-state index contributed by atoms with van der Waals surface area (Å²) in [6.07, 6.45) is 0. The van der Waals surface area contributed by atoms with Gasteiger partial charge < -0.3 is 15.8 Å². The van der Waals surface area contributed by atoms with Gasteiger partial charge in [0.15, 0.2) is 0 Å². The number of nitrogens with two attached hydrogens (primary N) is 1. The van der Waals surface area contributed by atoms with Gasteiger partial charge in [-0.3, -0.25) is 4.79 Å². The number of carbonyl (C=O) groups excluding carboxylic acids is 1. The van der Waals surface area contributed by atoms with Crippen LogP contribution in [-0.2, 0) is 6.54 Å². The molecule has 0 bridgehead atoms. The lowest BCUT2D eigenvalue weighted by Gasteiger charge is -2.10. The van der Waals surface area contributed by atoms with Gasteiger partial charge in [-0.25, -0.2) is 4.98 Å². The smallest absolute Gasteiger partial charge is 0.263 e. The topological polar surface area (TPSA) is 77.2 Å². The zero-order valence-corrected chi connectivity index (χ0v) is 20.4. The minimum atomic E-state index is -0.201. The highest BCUT2D eigenvalue weighted by atomic mass is 32.1. The fraction of sp³-hybridized carbons (Fsp3) is 0.103. The molecule has 0 aliphatic heterocycles. The molecule has 5 nitrogen and oxygen atoms in total. The van der Waals surface area contributed by atoms with E-state index in [-0.39, 0.29) is 5.91 Å². The number of methoxy groups -OCH3 is 1. The SMILES string of the molecule is COc1ccc(-c2cc(-c3ccccc3)nc3sc(C(=O)NCc4ccc(C)cc4)c(N)c23)cc1. The summed E-state index contributed by atoms with van der Waals surface area (Å²) in [7, 11) is 1.64. The van der Waals surface area contributed by atoms with Gasteiger partial charge in [-0.05, 0) is 41.8 Å². The van der Waals surface area contributed by atoms with Crippen LogP contribution >= 0.6 is 11.3 Å². The number of hydrogen-bond donors (Lipinski definition) is 2. The van der Waals surface area contributed by atoms with Crippen LogP contribution in [0.15, 0.2) is 84.9 Å². The van der Waals surface area contributed by atoms with E-state index in [9.17, 15) is 4.79 Å². The van der Waals surface area contributed by atoms with E-state index in [1.54, 1.807) is 7.11 Å². The van der Waals surface area contributed by atoms with Gasteiger partial charge in [-0.2, -0.15) is 0 Å². The zero-order chi connectivity index (χ0) is 24.4. The first kappa shape index (κ1) is 22.6. The van der Waals surface area contributed by atoms with Gasteiger partial charge in [0.2, 0.25) is 0 Å². The molecule has 5 rings (SSSR count). The highest BCUT2D eigenvalue weighted by Gasteiger charge is 2.21. The summed E-state index contributed by atoms with van der Waals surface area (Å²) in [6, 6.07) is 28.0. The van der Waals surface area contributed by atoms with Crippen molar-refractivity contribution in [2.45, 2.75) is 13.5 Å². The fourth-order valence-electron chi connectivity index (χ4n) is 4.01. The Morgan fingerprint density at radius 1 is 0.971 bits per heavy atom. The van der Waals surface area contributed by atoms with Gasteiger partial charge in [0, 0.05) is 17.5 Å². The summed E-state index contributed by atoms with van der Waals surface area (Å²) in [6.45, 7) is 2.47. The number of nitrogens with one attached hydrogen (secondary N) is 1. The standard InChI is InChI=1S/C29H25N3O2S/c1-18-8-10-19(11-9-18)17-31-28(33)27-26(30)25-23(20-12-14-22(34-2)15-13-20)16-24(32-29(25)35-27)21-6-4-3-5-7-21/h3-16H,17,30H2,1-2H3,(H,31,33). The van der Waals surface area contributed by atoms with Crippen LogP contribution in [0.25, 0.3) is 32.6 Å². The van der Waals surface area contributed by atoms with E-state index in [2.05, 4.69) is 5.32 Å². The number of pyridine rings is 1. The Labute approximate surface area is 208 Å². The number of carbonyl (C=O) groups is 1. The first-order chi connectivity index (χ1) is 17.0. The summed E-state index contributed by atoms with van der Waals surface area (Å²) in [4.78, 5) is 19.2. The number of amides is 1. The van der Waals surface area contributed by atoms with Gasteiger partial charge in [0.05, 0.1) is 18.5 Å². The van der Waals surface area contributed by atoms with Gasteiger partial charge in [0.25, 0.3) is 5.91 Å². The molecule has 0 atom stereocenters. The average molecular weight is 480 g/mol. The molecule has 3 N–H and O–H groups in total. The number of benzene rings is 3. The Balaban J connectivity index is 1.58. The van der Waals surface area contributed by atoms with Crippen LogP contribution in [0.4, 0.5) is 5.69 Å². The highest BCUT2D eigenvalue weighted by molar-refractivity contribution is 7.21. The molecule has 2 heterocycles. The Bertz CT molecular complexity index is 1490. The maximum absolute atomic E-state index is 13.1. The fourth-order valence-corrected chi connectivity index (χ4v) is 5.05. The molecule has 0 fully saturated rings. The van der Waals surface area contributed by atoms with Gasteiger partial charge in [0.1, 0.15) is 15.5 Å². The Kier molecular flexibility index (Phi) is 6.21. The van der Waals surface area contributed by atoms with Crippen molar-refractivity contribution < 1.29 is 9.53 Å². The molecule has 35 heavy (non-hydrogen) atoms. The summed E-state index contributed by atoms with van der Waals surface area (Å²) in [5, 5.41) is 3.80. The molecule has 6 heteroatoms. The van der Waals surface area contributed by atoms with E-state index in [1.165, 1.54) is 16.9 Å². The van der Waals surface area contributed by atoms with Crippen LogP contribution in [-0.4, -0.2) is 18.0 Å². The number of aromatic nitrogens is 1. The number of thiophene rings is 1. The van der Waals surface area contributed by atoms with Crippen LogP contribution in [0, 0.1) is 6.92 Å². The van der Waals surface area contributed by atoms with E-state index in [1.807, 2.05) is 91.9 Å². The number of nitrogen functional groups attached to an aromatic ring is 1. The van der Waals surface area contributed by atoms with E-state index in [0.717, 1.165) is 43.9 Å². The minimum Gasteiger partial charge on any atom is -0.497 e. The van der Waals surface area contributed by atoms with E-state index in [4.69, 9.17) is 15.5 Å². The van der Waals surface area contributed by atoms with Gasteiger partial charge in [-0.1, -0.05) is 72.3 Å². The highest BCUT2D eigenvalue weighted by Crippen LogP contribution is 2.41. The van der Waals surface area contributed by atoms with E-state index in [0.29, 0.717) is 17.1 Å². The lowest BCUT2D eigenvalue weighted by atomic mass is 9.99. The monoisotopic (exact) mass is 479 g/mol. The lowest BCUT2D eigenvalue weighted by Crippen LogP contribution is -2.22. The number of fused-ring (bicyclic) bond motifs is 1. The van der Waals surface area contributed by atoms with Crippen molar-refractivity contribution in [2.24, 2.45) is 0 Å². The third-order valence-electron chi connectivity index (χ3n) is 5.95. The van der Waals surface area contributed by atoms with Crippen LogP contribution in [0.5, 0.6) is 5.75 Å². The molecule has 5 aromatic rings. The van der Waals surface area contributed by atoms with Gasteiger partial charge in [-0.15, -0.1) is 11.3 Å². The molecular weight excluding hydrogens is 454 g/mol. The maximum Gasteiger partial charge on any atom is 0.263 e. The van der Waals surface area contributed by atoms with Crippen molar-refractivity contribution in [3.8, 4) is 28.1 Å². The van der Waals surface area contributed by atoms with Crippen molar-refractivity contribution in [3.63, 3.8) is 0 Å². The lowest BCUT2D eigenvalue weighted by molar-refractivity contribution is 0.0956. The zero-order valence-electron chi connectivity index (χ0n) is 19.5. The van der Waals surface area contributed by atoms with Crippen molar-refractivity contribution in [2.75, 3.05) is 12.8 Å². The Hall–Kier alpha value is -4.16. The van der Waals surface area contributed by atoms with Crippen LogP contribution in [0.3, 0.4) is 0 Å². The molecule has 0 aliphatic carbocycles. The first-order valence-electron chi connectivity index (χ1n) is 11.3. The minimum absolute atomic E-state index is 0.201. The van der Waals surface area contributed by atoms with Crippen LogP contribution in [0.2, 0.25) is 0 Å². The molecule has 0 saturated heterocycles. The molecule has 0 spiro atoms. The Morgan fingerprint density at radius 3 is 2.37 bits per heavy atom. The molecule has 174 valence electrons. The number of nitrogens with zero attached hydrogens (tertiary/aromatic N) is 1. The summed E-state index contributed by atoms with van der Waals surface area (Å²) in [5.41, 5.74) is 13.0. The summed E-state index contributed by atoms with van der Waals surface area (Å²) in [5.74, 6) is 0.574. The van der Waals surface area contributed by atoms with Crippen molar-refractivity contribution in [3.05, 3.63) is 101 Å². The third kappa shape index (κ3) is 4.61. The predicted octanol–water partition coefficient (Wildman–Crippen LogP) is 6.46.